The molecule has 1 aromatic heterocycles. The van der Waals surface area contributed by atoms with Crippen molar-refractivity contribution in [2.45, 2.75) is 19.9 Å². The third-order valence-electron chi connectivity index (χ3n) is 3.71. The number of hydrogen-bond acceptors (Lipinski definition) is 4. The van der Waals surface area contributed by atoms with E-state index in [9.17, 15) is 18.0 Å². The number of rotatable bonds is 5. The van der Waals surface area contributed by atoms with Gasteiger partial charge in [0.2, 0.25) is 0 Å². The fraction of sp³-hybridized carbons (Fsp3) is 0.150. The van der Waals surface area contributed by atoms with Gasteiger partial charge in [-0.2, -0.15) is 0 Å². The maximum absolute atomic E-state index is 13.9. The fourth-order valence-electron chi connectivity index (χ4n) is 2.46. The molecule has 144 valence electrons. The lowest BCUT2D eigenvalue weighted by Gasteiger charge is -2.13. The molecule has 0 aliphatic carbocycles. The summed E-state index contributed by atoms with van der Waals surface area (Å²) in [7, 11) is 0. The van der Waals surface area contributed by atoms with Crippen LogP contribution in [-0.2, 0) is 0 Å². The first-order valence-electron chi connectivity index (χ1n) is 8.51. The first kappa shape index (κ1) is 19.3. The maximum Gasteiger partial charge on any atom is 0.274 e. The highest BCUT2D eigenvalue weighted by Crippen LogP contribution is 2.22. The Morgan fingerprint density at radius 3 is 2.36 bits per heavy atom. The highest BCUT2D eigenvalue weighted by molar-refractivity contribution is 6.03. The molecule has 0 aliphatic rings. The molecule has 1 amide bonds. The Labute approximate surface area is 159 Å². The third-order valence-corrected chi connectivity index (χ3v) is 3.71. The van der Waals surface area contributed by atoms with E-state index in [0.717, 1.165) is 12.1 Å². The average Bonchev–Trinajstić information content (AvgIpc) is 2.68. The third kappa shape index (κ3) is 4.28. The number of nitrogens with one attached hydrogen (secondary N) is 2. The van der Waals surface area contributed by atoms with Crippen LogP contribution < -0.4 is 10.6 Å². The van der Waals surface area contributed by atoms with Gasteiger partial charge in [0.1, 0.15) is 11.5 Å². The molecule has 3 rings (SSSR count). The van der Waals surface area contributed by atoms with Gasteiger partial charge in [-0.3, -0.25) is 4.79 Å². The number of anilines is 2. The molecule has 8 heteroatoms. The number of carbonyl (C=O) groups is 1. The number of aromatic nitrogens is 2. The molecule has 0 radical (unpaired) electrons. The van der Waals surface area contributed by atoms with Gasteiger partial charge in [0.05, 0.1) is 5.69 Å². The predicted octanol–water partition coefficient (Wildman–Crippen LogP) is 4.63. The van der Waals surface area contributed by atoms with Crippen molar-refractivity contribution in [3.63, 3.8) is 0 Å². The van der Waals surface area contributed by atoms with E-state index in [1.165, 1.54) is 6.07 Å². The van der Waals surface area contributed by atoms with Crippen LogP contribution in [0.25, 0.3) is 11.4 Å². The zero-order chi connectivity index (χ0) is 20.3. The Hall–Kier alpha value is -3.42. The molecule has 2 N–H and O–H groups in total. The molecule has 2 aromatic carbocycles. The van der Waals surface area contributed by atoms with Crippen LogP contribution in [0.1, 0.15) is 24.3 Å². The minimum Gasteiger partial charge on any atom is -0.368 e. The van der Waals surface area contributed by atoms with Crippen molar-refractivity contribution in [3.8, 4) is 11.4 Å². The number of nitrogens with zero attached hydrogens (tertiary/aromatic N) is 2. The zero-order valence-electron chi connectivity index (χ0n) is 15.1. The Morgan fingerprint density at radius 2 is 1.68 bits per heavy atom. The average molecular weight is 386 g/mol. The smallest absolute Gasteiger partial charge is 0.274 e. The van der Waals surface area contributed by atoms with Crippen molar-refractivity contribution in [1.29, 1.82) is 0 Å². The van der Waals surface area contributed by atoms with Crippen LogP contribution in [0, 0.1) is 17.5 Å². The van der Waals surface area contributed by atoms with Crippen molar-refractivity contribution in [3.05, 3.63) is 71.7 Å². The van der Waals surface area contributed by atoms with Crippen LogP contribution in [0.2, 0.25) is 0 Å². The first-order valence-corrected chi connectivity index (χ1v) is 8.51. The molecule has 0 spiro atoms. The fourth-order valence-corrected chi connectivity index (χ4v) is 2.46. The summed E-state index contributed by atoms with van der Waals surface area (Å²) >= 11 is 0. The molecule has 0 aliphatic heterocycles. The molecule has 3 aromatic rings. The number of carbonyl (C=O) groups excluding carboxylic acids is 1. The number of halogens is 3. The highest BCUT2D eigenvalue weighted by atomic mass is 19.2. The molecule has 0 unspecified atom stereocenters. The summed E-state index contributed by atoms with van der Waals surface area (Å²) < 4.78 is 40.3. The van der Waals surface area contributed by atoms with Crippen molar-refractivity contribution in [1.82, 2.24) is 9.97 Å². The lowest BCUT2D eigenvalue weighted by molar-refractivity contribution is 0.102. The SMILES string of the molecule is CC(C)Nc1cc(C(=O)Nc2ccc(F)c(F)c2F)nc(-c2ccccc2)n1. The van der Waals surface area contributed by atoms with Crippen LogP contribution in [0.15, 0.2) is 48.5 Å². The van der Waals surface area contributed by atoms with Gasteiger partial charge in [-0.1, -0.05) is 30.3 Å². The Morgan fingerprint density at radius 1 is 0.964 bits per heavy atom. The molecule has 0 saturated heterocycles. The molecule has 0 saturated carbocycles. The lowest BCUT2D eigenvalue weighted by atomic mass is 10.2. The van der Waals surface area contributed by atoms with Crippen molar-refractivity contribution < 1.29 is 18.0 Å². The van der Waals surface area contributed by atoms with Gasteiger partial charge in [-0.05, 0) is 26.0 Å². The van der Waals surface area contributed by atoms with Gasteiger partial charge in [0.15, 0.2) is 23.3 Å². The van der Waals surface area contributed by atoms with Gasteiger partial charge >= 0.3 is 0 Å². The van der Waals surface area contributed by atoms with Crippen molar-refractivity contribution >= 4 is 17.4 Å². The maximum atomic E-state index is 13.9. The minimum absolute atomic E-state index is 0.0399. The summed E-state index contributed by atoms with van der Waals surface area (Å²) in [5.41, 5.74) is 0.145. The quantitative estimate of drug-likeness (QED) is 0.628. The van der Waals surface area contributed by atoms with E-state index in [1.54, 1.807) is 24.3 Å². The number of amides is 1. The number of hydrogen-bond donors (Lipinski definition) is 2. The van der Waals surface area contributed by atoms with Gasteiger partial charge in [-0.15, -0.1) is 0 Å². The van der Waals surface area contributed by atoms with Crippen LogP contribution in [0.3, 0.4) is 0 Å². The van der Waals surface area contributed by atoms with Crippen LogP contribution in [0.4, 0.5) is 24.7 Å². The second kappa shape index (κ2) is 8.08. The summed E-state index contributed by atoms with van der Waals surface area (Å²) in [6, 6.07) is 12.1. The summed E-state index contributed by atoms with van der Waals surface area (Å²) in [6.45, 7) is 3.81. The monoisotopic (exact) mass is 386 g/mol. The molecular formula is C20H17F3N4O. The van der Waals surface area contributed by atoms with Crippen molar-refractivity contribution in [2.24, 2.45) is 0 Å². The topological polar surface area (TPSA) is 66.9 Å². The van der Waals surface area contributed by atoms with Crippen LogP contribution >= 0.6 is 0 Å². The molecule has 28 heavy (non-hydrogen) atoms. The molecular weight excluding hydrogens is 369 g/mol. The summed E-state index contributed by atoms with van der Waals surface area (Å²) in [4.78, 5) is 21.2. The van der Waals surface area contributed by atoms with Gasteiger partial charge in [0, 0.05) is 17.7 Å². The summed E-state index contributed by atoms with van der Waals surface area (Å²) in [5.74, 6) is -4.57. The van der Waals surface area contributed by atoms with E-state index in [0.29, 0.717) is 17.2 Å². The van der Waals surface area contributed by atoms with E-state index in [4.69, 9.17) is 0 Å². The van der Waals surface area contributed by atoms with Crippen LogP contribution in [0.5, 0.6) is 0 Å². The van der Waals surface area contributed by atoms with E-state index < -0.39 is 29.0 Å². The second-order valence-corrected chi connectivity index (χ2v) is 6.30. The standard InChI is InChI=1S/C20H17F3N4O/c1-11(2)24-16-10-15(25-19(27-16)12-6-4-3-5-7-12)20(28)26-14-9-8-13(21)17(22)18(14)23/h3-11H,1-2H3,(H,26,28)(H,24,25,27). The molecule has 1 heterocycles. The molecule has 0 fully saturated rings. The second-order valence-electron chi connectivity index (χ2n) is 6.30. The Kier molecular flexibility index (Phi) is 5.58. The van der Waals surface area contributed by atoms with E-state index in [2.05, 4.69) is 20.6 Å². The molecule has 0 atom stereocenters. The van der Waals surface area contributed by atoms with Gasteiger partial charge < -0.3 is 10.6 Å². The van der Waals surface area contributed by atoms with Gasteiger partial charge in [-0.25, -0.2) is 23.1 Å². The Balaban J connectivity index is 1.98. The van der Waals surface area contributed by atoms with Crippen LogP contribution in [-0.4, -0.2) is 21.9 Å². The molecule has 5 nitrogen and oxygen atoms in total. The van der Waals surface area contributed by atoms with Gasteiger partial charge in [0.25, 0.3) is 5.91 Å². The van der Waals surface area contributed by atoms with E-state index >= 15 is 0 Å². The minimum atomic E-state index is -1.66. The lowest BCUT2D eigenvalue weighted by Crippen LogP contribution is -2.18. The van der Waals surface area contributed by atoms with E-state index in [-0.39, 0.29) is 11.7 Å². The first-order chi connectivity index (χ1) is 13.3. The summed E-state index contributed by atoms with van der Waals surface area (Å²) in [5, 5.41) is 5.30. The molecule has 0 bridgehead atoms. The normalized spacial score (nSPS) is 10.8. The predicted molar refractivity (Wildman–Crippen MR) is 100 cm³/mol. The zero-order valence-corrected chi connectivity index (χ0v) is 15.1. The highest BCUT2D eigenvalue weighted by Gasteiger charge is 2.18. The largest absolute Gasteiger partial charge is 0.368 e. The Bertz CT molecular complexity index is 1010. The number of benzene rings is 2. The summed E-state index contributed by atoms with van der Waals surface area (Å²) in [6.07, 6.45) is 0. The van der Waals surface area contributed by atoms with Crippen molar-refractivity contribution in [2.75, 3.05) is 10.6 Å². The van der Waals surface area contributed by atoms with E-state index in [1.807, 2.05) is 19.9 Å².